The van der Waals surface area contributed by atoms with E-state index in [0.29, 0.717) is 19.8 Å². The maximum Gasteiger partial charge on any atom is 0.501 e. The van der Waals surface area contributed by atoms with Crippen molar-refractivity contribution >= 4 is 21.1 Å². The maximum absolute atomic E-state index is 10.5. The van der Waals surface area contributed by atoms with Gasteiger partial charge >= 0.3 is 15.0 Å². The van der Waals surface area contributed by atoms with Gasteiger partial charge in [0.1, 0.15) is 19.1 Å². The summed E-state index contributed by atoms with van der Waals surface area (Å²) in [7, 11) is -2.43. The summed E-state index contributed by atoms with van der Waals surface area (Å²) in [5, 5.41) is 12.0. The van der Waals surface area contributed by atoms with Crippen LogP contribution in [0.4, 0.5) is 13.2 Å². The first-order chi connectivity index (χ1) is 11.7. The molecule has 0 unspecified atom stereocenters. The van der Waals surface area contributed by atoms with Crippen molar-refractivity contribution in [3.05, 3.63) is 0 Å². The number of carbonyl (C=O) groups excluding carboxylic acids is 1. The lowest BCUT2D eigenvalue weighted by Gasteiger charge is -2.28. The van der Waals surface area contributed by atoms with E-state index in [4.69, 9.17) is 23.2 Å². The highest BCUT2D eigenvalue weighted by Crippen LogP contribution is 2.18. The van der Waals surface area contributed by atoms with Crippen LogP contribution in [-0.4, -0.2) is 71.3 Å². The summed E-state index contributed by atoms with van der Waals surface area (Å²) in [5.74, 6) is -3.01. The zero-order chi connectivity index (χ0) is 19.3. The van der Waals surface area contributed by atoms with Gasteiger partial charge in [0.25, 0.3) is 0 Å². The van der Waals surface area contributed by atoms with Crippen molar-refractivity contribution < 1.29 is 40.9 Å². The maximum atomic E-state index is 10.5. The number of nitrogens with zero attached hydrogens (tertiary/aromatic N) is 1. The highest BCUT2D eigenvalue weighted by Gasteiger charge is 2.39. The van der Waals surface area contributed by atoms with Crippen LogP contribution < -0.4 is 10.4 Å². The Morgan fingerprint density at radius 2 is 1.68 bits per heavy atom. The molecule has 0 radical (unpaired) electrons. The molecule has 0 aromatic heterocycles. The van der Waals surface area contributed by atoms with Crippen molar-refractivity contribution in [2.75, 3.05) is 39.5 Å². The van der Waals surface area contributed by atoms with Crippen molar-refractivity contribution in [2.45, 2.75) is 39.4 Å². The number of carboxylic acids is 1. The van der Waals surface area contributed by atoms with Crippen LogP contribution >= 0.6 is 0 Å². The summed E-state index contributed by atoms with van der Waals surface area (Å²) in [6.45, 7) is 11.1. The fourth-order valence-corrected chi connectivity index (χ4v) is 4.74. The molecule has 0 fully saturated rings. The summed E-state index contributed by atoms with van der Waals surface area (Å²) >= 11 is 0. The summed E-state index contributed by atoms with van der Waals surface area (Å²) in [5.41, 5.74) is 0. The first kappa shape index (κ1) is 23.8. The number of halogens is 3. The molecule has 0 amide bonds. The predicted octanol–water partition coefficient (Wildman–Crippen LogP) is 0.368. The average Bonchev–Trinajstić information content (AvgIpc) is 3.01. The lowest BCUT2D eigenvalue weighted by atomic mass is 10.4. The number of rotatable bonds is 10. The Morgan fingerprint density at radius 1 is 1.20 bits per heavy atom. The minimum Gasteiger partial charge on any atom is -0.542 e. The standard InChI is InChI=1S/C12H26N2O3Si.C2HF3O2/c1-4-15-18(16-5-2,17-6-3)11-7-9-14-10-8-13-12-14;3-2(4,5)1(6)7/h12H,4-11H2,1-3H3;(H,6,7). The Balaban J connectivity index is 0.000000697. The minimum atomic E-state index is -5.19. The molecule has 11 heteroatoms. The van der Waals surface area contributed by atoms with E-state index in [1.54, 1.807) is 0 Å². The highest BCUT2D eigenvalue weighted by atomic mass is 28.4. The van der Waals surface area contributed by atoms with E-state index < -0.39 is 21.0 Å². The van der Waals surface area contributed by atoms with E-state index in [1.165, 1.54) is 0 Å². The first-order valence-corrected chi connectivity index (χ1v) is 10.1. The molecule has 1 N–H and O–H groups in total. The fraction of sp³-hybridized carbons (Fsp3) is 0.857. The number of carboxylic acid groups (broad SMARTS) is 1. The van der Waals surface area contributed by atoms with Gasteiger partial charge in [-0.3, -0.25) is 9.89 Å². The average molecular weight is 388 g/mol. The van der Waals surface area contributed by atoms with Gasteiger partial charge in [-0.25, -0.2) is 0 Å². The molecule has 25 heavy (non-hydrogen) atoms. The highest BCUT2D eigenvalue weighted by molar-refractivity contribution is 6.60. The molecule has 0 bridgehead atoms. The largest absolute Gasteiger partial charge is 0.542 e. The molecule has 0 atom stereocenters. The Hall–Kier alpha value is -1.17. The van der Waals surface area contributed by atoms with Crippen molar-refractivity contribution in [2.24, 2.45) is 0 Å². The van der Waals surface area contributed by atoms with Crippen molar-refractivity contribution in [3.8, 4) is 0 Å². The minimum absolute atomic E-state index is 0.656. The molecule has 1 heterocycles. The van der Waals surface area contributed by atoms with Gasteiger partial charge < -0.3 is 23.2 Å². The van der Waals surface area contributed by atoms with E-state index >= 15 is 0 Å². The van der Waals surface area contributed by atoms with Gasteiger partial charge in [-0.2, -0.15) is 13.2 Å². The van der Waals surface area contributed by atoms with Crippen molar-refractivity contribution in [1.82, 2.24) is 5.32 Å². The van der Waals surface area contributed by atoms with Crippen LogP contribution in [0.15, 0.2) is 0 Å². The lowest BCUT2D eigenvalue weighted by molar-refractivity contribution is -0.513. The van der Waals surface area contributed by atoms with E-state index in [1.807, 2.05) is 20.8 Å². The van der Waals surface area contributed by atoms with Crippen LogP contribution in [0.3, 0.4) is 0 Å². The number of hydrogen-bond acceptors (Lipinski definition) is 6. The molecule has 1 aliphatic rings. The number of aliphatic carboxylic acids is 1. The summed E-state index contributed by atoms with van der Waals surface area (Å²) in [6, 6.07) is 0.896. The molecule has 0 aromatic carbocycles. The molecule has 0 aromatic rings. The first-order valence-electron chi connectivity index (χ1n) is 8.21. The molecule has 0 saturated heterocycles. The molecule has 0 saturated carbocycles. The normalized spacial score (nSPS) is 14.4. The topological polar surface area (TPSA) is 82.9 Å². The van der Waals surface area contributed by atoms with Crippen LogP contribution in [0.2, 0.25) is 6.04 Å². The Morgan fingerprint density at radius 3 is 2.00 bits per heavy atom. The summed E-state index contributed by atoms with van der Waals surface area (Å²) in [6.07, 6.45) is -2.09. The molecule has 1 rings (SSSR count). The fourth-order valence-electron chi connectivity index (χ4n) is 2.14. The quantitative estimate of drug-likeness (QED) is 0.430. The van der Waals surface area contributed by atoms with Crippen LogP contribution in [0, 0.1) is 0 Å². The molecule has 0 aliphatic carbocycles. The van der Waals surface area contributed by atoms with E-state index in [0.717, 1.165) is 32.1 Å². The SMILES string of the molecule is CCO[Si](CCC[N+]1=CNCC1)(OCC)OCC.O=C([O-])C(F)(F)F. The zero-order valence-corrected chi connectivity index (χ0v) is 15.9. The second-order valence-electron chi connectivity index (χ2n) is 4.99. The van der Waals surface area contributed by atoms with Gasteiger partial charge in [-0.1, -0.05) is 0 Å². The number of carbonyl (C=O) groups is 1. The smallest absolute Gasteiger partial charge is 0.501 e. The Labute approximate surface area is 147 Å². The van der Waals surface area contributed by atoms with Gasteiger partial charge in [-0.15, -0.1) is 0 Å². The molecule has 0 spiro atoms. The van der Waals surface area contributed by atoms with Gasteiger partial charge in [0, 0.05) is 25.9 Å². The molecular formula is C14H27F3N2O5Si. The predicted molar refractivity (Wildman–Crippen MR) is 85.2 cm³/mol. The number of alkyl halides is 3. The van der Waals surface area contributed by atoms with Gasteiger partial charge in [-0.05, 0) is 27.2 Å². The van der Waals surface area contributed by atoms with Crippen LogP contribution in [0.25, 0.3) is 0 Å². The van der Waals surface area contributed by atoms with E-state index in [9.17, 15) is 13.2 Å². The monoisotopic (exact) mass is 388 g/mol. The van der Waals surface area contributed by atoms with E-state index in [2.05, 4.69) is 16.2 Å². The number of hydrogen-bond donors (Lipinski definition) is 1. The third-order valence-corrected chi connectivity index (χ3v) is 6.22. The van der Waals surface area contributed by atoms with Gasteiger partial charge in [0.05, 0.1) is 6.54 Å². The molecule has 148 valence electrons. The lowest BCUT2D eigenvalue weighted by Crippen LogP contribution is -2.46. The Bertz CT molecular complexity index is 405. The van der Waals surface area contributed by atoms with Gasteiger partial charge in [0.15, 0.2) is 0 Å². The Kier molecular flexibility index (Phi) is 11.7. The van der Waals surface area contributed by atoms with Crippen LogP contribution in [-0.2, 0) is 18.1 Å². The van der Waals surface area contributed by atoms with Crippen LogP contribution in [0.5, 0.6) is 0 Å². The molecule has 1 aliphatic heterocycles. The van der Waals surface area contributed by atoms with Gasteiger partial charge in [0.2, 0.25) is 6.34 Å². The molecular weight excluding hydrogens is 361 g/mol. The molecule has 7 nitrogen and oxygen atoms in total. The number of nitrogens with one attached hydrogen (secondary N) is 1. The third-order valence-electron chi connectivity index (χ3n) is 3.07. The van der Waals surface area contributed by atoms with Crippen molar-refractivity contribution in [1.29, 1.82) is 0 Å². The summed E-state index contributed by atoms with van der Waals surface area (Å²) < 4.78 is 51.3. The van der Waals surface area contributed by atoms with Crippen LogP contribution in [0.1, 0.15) is 27.2 Å². The second-order valence-corrected chi connectivity index (χ2v) is 7.72. The summed E-state index contributed by atoms with van der Waals surface area (Å²) in [4.78, 5) is 8.78. The van der Waals surface area contributed by atoms with Crippen molar-refractivity contribution in [3.63, 3.8) is 0 Å². The second kappa shape index (κ2) is 12.2. The van der Waals surface area contributed by atoms with E-state index in [-0.39, 0.29) is 0 Å². The zero-order valence-electron chi connectivity index (χ0n) is 14.9. The third kappa shape index (κ3) is 10.4.